The first-order valence-corrected chi connectivity index (χ1v) is 6.16. The second kappa shape index (κ2) is 9.13. The summed E-state index contributed by atoms with van der Waals surface area (Å²) in [5.41, 5.74) is 0. The van der Waals surface area contributed by atoms with E-state index in [-0.39, 0.29) is 24.3 Å². The highest BCUT2D eigenvalue weighted by molar-refractivity contribution is 5.87. The number of hydrogen-bond donors (Lipinski definition) is 2. The highest BCUT2D eigenvalue weighted by Crippen LogP contribution is 2.04. The molecule has 0 aromatic heterocycles. The van der Waals surface area contributed by atoms with Crippen LogP contribution < -0.4 is 10.6 Å². The summed E-state index contributed by atoms with van der Waals surface area (Å²) < 4.78 is 4.41. The standard InChI is InChI=1S/C13H22N2O4/c1-9(2)8-11(15-10(3)16)13(18)14-7-5-6-12(17)19-4/h5-6,9,11H,7-8H2,1-4H3,(H,14,18)(H,15,16)/b6-5+/t11-/m0/s1. The summed E-state index contributed by atoms with van der Waals surface area (Å²) in [7, 11) is 1.28. The molecule has 0 aromatic rings. The molecule has 2 amide bonds. The zero-order valence-electron chi connectivity index (χ0n) is 11.9. The molecule has 0 spiro atoms. The molecule has 0 unspecified atom stereocenters. The van der Waals surface area contributed by atoms with Crippen molar-refractivity contribution in [1.82, 2.24) is 10.6 Å². The Morgan fingerprint density at radius 1 is 1.26 bits per heavy atom. The molecular weight excluding hydrogens is 248 g/mol. The quantitative estimate of drug-likeness (QED) is 0.517. The Bertz CT molecular complexity index is 351. The van der Waals surface area contributed by atoms with Crippen LogP contribution in [0.2, 0.25) is 0 Å². The van der Waals surface area contributed by atoms with Gasteiger partial charge < -0.3 is 15.4 Å². The predicted octanol–water partition coefficient (Wildman–Crippen LogP) is 0.383. The van der Waals surface area contributed by atoms with E-state index in [1.54, 1.807) is 0 Å². The van der Waals surface area contributed by atoms with E-state index < -0.39 is 12.0 Å². The fourth-order valence-corrected chi connectivity index (χ4v) is 1.45. The summed E-state index contributed by atoms with van der Waals surface area (Å²) >= 11 is 0. The van der Waals surface area contributed by atoms with Crippen LogP contribution >= 0.6 is 0 Å². The van der Waals surface area contributed by atoms with Gasteiger partial charge >= 0.3 is 5.97 Å². The minimum Gasteiger partial charge on any atom is -0.466 e. The third-order valence-electron chi connectivity index (χ3n) is 2.25. The molecule has 1 atom stereocenters. The van der Waals surface area contributed by atoms with Crippen molar-refractivity contribution in [3.63, 3.8) is 0 Å². The molecule has 0 bridgehead atoms. The maximum atomic E-state index is 11.9. The Hall–Kier alpha value is -1.85. The van der Waals surface area contributed by atoms with Gasteiger partial charge in [-0.1, -0.05) is 19.9 Å². The molecular formula is C13H22N2O4. The van der Waals surface area contributed by atoms with Crippen molar-refractivity contribution in [2.45, 2.75) is 33.2 Å². The Morgan fingerprint density at radius 2 is 1.89 bits per heavy atom. The minimum atomic E-state index is -0.552. The van der Waals surface area contributed by atoms with Crippen LogP contribution in [0.15, 0.2) is 12.2 Å². The summed E-state index contributed by atoms with van der Waals surface area (Å²) in [6, 6.07) is -0.552. The van der Waals surface area contributed by atoms with Crippen molar-refractivity contribution >= 4 is 17.8 Å². The second-order valence-corrected chi connectivity index (χ2v) is 4.55. The van der Waals surface area contributed by atoms with Gasteiger partial charge in [-0.3, -0.25) is 9.59 Å². The number of ether oxygens (including phenoxy) is 1. The molecule has 6 heteroatoms. The van der Waals surface area contributed by atoms with Gasteiger partial charge in [0.15, 0.2) is 0 Å². The number of esters is 1. The third-order valence-corrected chi connectivity index (χ3v) is 2.25. The van der Waals surface area contributed by atoms with Gasteiger partial charge in [-0.15, -0.1) is 0 Å². The lowest BCUT2D eigenvalue weighted by atomic mass is 10.0. The molecule has 0 saturated heterocycles. The average Bonchev–Trinajstić information content (AvgIpc) is 2.31. The van der Waals surface area contributed by atoms with E-state index in [2.05, 4.69) is 15.4 Å². The molecule has 2 N–H and O–H groups in total. The first-order chi connectivity index (χ1) is 8.86. The summed E-state index contributed by atoms with van der Waals surface area (Å²) in [5, 5.41) is 5.23. The first-order valence-electron chi connectivity index (χ1n) is 6.16. The van der Waals surface area contributed by atoms with E-state index in [0.717, 1.165) is 0 Å². The SMILES string of the molecule is COC(=O)/C=C/CNC(=O)[C@H](CC(C)C)NC(C)=O. The van der Waals surface area contributed by atoms with Gasteiger partial charge in [-0.2, -0.15) is 0 Å². The molecule has 0 radical (unpaired) electrons. The van der Waals surface area contributed by atoms with Crippen molar-refractivity contribution in [3.8, 4) is 0 Å². The Labute approximate surface area is 113 Å². The van der Waals surface area contributed by atoms with Crippen molar-refractivity contribution in [2.75, 3.05) is 13.7 Å². The van der Waals surface area contributed by atoms with Crippen LogP contribution in [-0.2, 0) is 19.1 Å². The van der Waals surface area contributed by atoms with Crippen molar-refractivity contribution in [3.05, 3.63) is 12.2 Å². The van der Waals surface area contributed by atoms with E-state index in [9.17, 15) is 14.4 Å². The molecule has 0 heterocycles. The van der Waals surface area contributed by atoms with E-state index in [4.69, 9.17) is 0 Å². The van der Waals surface area contributed by atoms with Crippen LogP contribution in [0.5, 0.6) is 0 Å². The number of carbonyl (C=O) groups is 3. The molecule has 0 rings (SSSR count). The zero-order valence-corrected chi connectivity index (χ0v) is 11.9. The van der Waals surface area contributed by atoms with Crippen molar-refractivity contribution in [2.24, 2.45) is 5.92 Å². The number of hydrogen-bond acceptors (Lipinski definition) is 4. The second-order valence-electron chi connectivity index (χ2n) is 4.55. The number of methoxy groups -OCH3 is 1. The fourth-order valence-electron chi connectivity index (χ4n) is 1.45. The van der Waals surface area contributed by atoms with E-state index in [1.165, 1.54) is 26.2 Å². The van der Waals surface area contributed by atoms with Crippen LogP contribution in [0.3, 0.4) is 0 Å². The summed E-state index contributed by atoms with van der Waals surface area (Å²) in [6.45, 7) is 5.53. The highest BCUT2D eigenvalue weighted by Gasteiger charge is 2.19. The van der Waals surface area contributed by atoms with E-state index >= 15 is 0 Å². The van der Waals surface area contributed by atoms with Gasteiger partial charge in [-0.25, -0.2) is 4.79 Å². The maximum absolute atomic E-state index is 11.9. The Kier molecular flexibility index (Phi) is 8.24. The van der Waals surface area contributed by atoms with Gasteiger partial charge in [0, 0.05) is 19.5 Å². The average molecular weight is 270 g/mol. The molecule has 6 nitrogen and oxygen atoms in total. The normalized spacial score (nSPS) is 12.3. The Morgan fingerprint density at radius 3 is 2.37 bits per heavy atom. The van der Waals surface area contributed by atoms with Crippen LogP contribution in [0.25, 0.3) is 0 Å². The molecule has 0 fully saturated rings. The number of nitrogens with one attached hydrogen (secondary N) is 2. The largest absolute Gasteiger partial charge is 0.466 e. The van der Waals surface area contributed by atoms with Crippen LogP contribution in [0.1, 0.15) is 27.2 Å². The predicted molar refractivity (Wildman–Crippen MR) is 71.2 cm³/mol. The minimum absolute atomic E-state index is 0.210. The van der Waals surface area contributed by atoms with Crippen molar-refractivity contribution < 1.29 is 19.1 Å². The lowest BCUT2D eigenvalue weighted by Crippen LogP contribution is -2.46. The lowest BCUT2D eigenvalue weighted by molar-refractivity contribution is -0.134. The Balaban J connectivity index is 4.28. The molecule has 108 valence electrons. The van der Waals surface area contributed by atoms with Gasteiger partial charge in [-0.05, 0) is 12.3 Å². The molecule has 0 aliphatic heterocycles. The highest BCUT2D eigenvalue weighted by atomic mass is 16.5. The molecule has 0 aromatic carbocycles. The van der Waals surface area contributed by atoms with Gasteiger partial charge in [0.1, 0.15) is 6.04 Å². The number of amides is 2. The van der Waals surface area contributed by atoms with E-state index in [0.29, 0.717) is 6.42 Å². The summed E-state index contributed by atoms with van der Waals surface area (Å²) in [6.07, 6.45) is 3.28. The molecule has 0 aliphatic carbocycles. The molecule has 19 heavy (non-hydrogen) atoms. The third kappa shape index (κ3) is 8.82. The topological polar surface area (TPSA) is 84.5 Å². The monoisotopic (exact) mass is 270 g/mol. The van der Waals surface area contributed by atoms with E-state index in [1.807, 2.05) is 13.8 Å². The fraction of sp³-hybridized carbons (Fsp3) is 0.615. The van der Waals surface area contributed by atoms with Crippen LogP contribution in [0, 0.1) is 5.92 Å². The van der Waals surface area contributed by atoms with Gasteiger partial charge in [0.2, 0.25) is 11.8 Å². The van der Waals surface area contributed by atoms with Crippen LogP contribution in [0.4, 0.5) is 0 Å². The lowest BCUT2D eigenvalue weighted by Gasteiger charge is -2.18. The summed E-state index contributed by atoms with van der Waals surface area (Å²) in [5.74, 6) is -0.702. The van der Waals surface area contributed by atoms with Gasteiger partial charge in [0.05, 0.1) is 7.11 Å². The molecule has 0 aliphatic rings. The molecule has 0 saturated carbocycles. The van der Waals surface area contributed by atoms with Crippen LogP contribution in [-0.4, -0.2) is 37.5 Å². The number of carbonyl (C=O) groups excluding carboxylic acids is 3. The smallest absolute Gasteiger partial charge is 0.330 e. The van der Waals surface area contributed by atoms with Crippen molar-refractivity contribution in [1.29, 1.82) is 0 Å². The summed E-state index contributed by atoms with van der Waals surface area (Å²) in [4.78, 5) is 33.7. The zero-order chi connectivity index (χ0) is 14.8. The number of rotatable bonds is 7. The van der Waals surface area contributed by atoms with Gasteiger partial charge in [0.25, 0.3) is 0 Å². The maximum Gasteiger partial charge on any atom is 0.330 e. The first kappa shape index (κ1) is 17.2.